The molecule has 32 heavy (non-hydrogen) atoms. The number of hydrogen-bond acceptors (Lipinski definition) is 4. The van der Waals surface area contributed by atoms with Crippen molar-refractivity contribution in [3.63, 3.8) is 0 Å². The Kier molecular flexibility index (Phi) is 7.53. The van der Waals surface area contributed by atoms with Crippen LogP contribution in [0.1, 0.15) is 23.1 Å². The summed E-state index contributed by atoms with van der Waals surface area (Å²) in [6.07, 6.45) is 0.593. The molecule has 0 aromatic heterocycles. The quantitative estimate of drug-likeness (QED) is 0.492. The lowest BCUT2D eigenvalue weighted by atomic mass is 10.0. The van der Waals surface area contributed by atoms with E-state index < -0.39 is 6.10 Å². The highest BCUT2D eigenvalue weighted by Crippen LogP contribution is 2.20. The molecule has 3 aromatic carbocycles. The minimum absolute atomic E-state index is 0.120. The van der Waals surface area contributed by atoms with Crippen LogP contribution in [0, 0.1) is 5.82 Å². The van der Waals surface area contributed by atoms with Gasteiger partial charge in [-0.15, -0.1) is 0 Å². The molecule has 0 bridgehead atoms. The standard InChI is InChI=1S/C26H26ClFN2O2/c27-22-10-8-21(9-11-22)26-15-25(32-29-26)18-30(16-20-6-12-23(28)13-7-20)17-24(31)14-19-4-2-1-3-5-19/h1-13,24-25,31H,14-18H2/t24-,25+/m1/s1. The molecular weight excluding hydrogens is 427 g/mol. The molecule has 0 saturated heterocycles. The summed E-state index contributed by atoms with van der Waals surface area (Å²) in [5.74, 6) is -0.260. The van der Waals surface area contributed by atoms with Gasteiger partial charge in [0.15, 0.2) is 0 Å². The third-order valence-corrected chi connectivity index (χ3v) is 5.73. The Morgan fingerprint density at radius 1 is 1.00 bits per heavy atom. The maximum Gasteiger partial charge on any atom is 0.145 e. The first-order valence-electron chi connectivity index (χ1n) is 10.7. The van der Waals surface area contributed by atoms with E-state index in [-0.39, 0.29) is 11.9 Å². The molecule has 0 fully saturated rings. The molecule has 2 atom stereocenters. The molecule has 0 amide bonds. The first-order chi connectivity index (χ1) is 15.5. The van der Waals surface area contributed by atoms with Crippen molar-refractivity contribution >= 4 is 17.3 Å². The second-order valence-corrected chi connectivity index (χ2v) is 8.58. The zero-order valence-electron chi connectivity index (χ0n) is 17.7. The fourth-order valence-electron chi connectivity index (χ4n) is 3.93. The van der Waals surface area contributed by atoms with Gasteiger partial charge in [0.2, 0.25) is 0 Å². The average Bonchev–Trinajstić information content (AvgIpc) is 3.25. The monoisotopic (exact) mass is 452 g/mol. The van der Waals surface area contributed by atoms with Crippen molar-refractivity contribution in [1.29, 1.82) is 0 Å². The van der Waals surface area contributed by atoms with Crippen molar-refractivity contribution < 1.29 is 14.3 Å². The third-order valence-electron chi connectivity index (χ3n) is 5.47. The van der Waals surface area contributed by atoms with E-state index in [1.807, 2.05) is 54.6 Å². The normalized spacial score (nSPS) is 16.6. The van der Waals surface area contributed by atoms with Gasteiger partial charge in [-0.1, -0.05) is 71.4 Å². The van der Waals surface area contributed by atoms with Crippen molar-refractivity contribution in [1.82, 2.24) is 4.90 Å². The van der Waals surface area contributed by atoms with Crippen LogP contribution >= 0.6 is 11.6 Å². The van der Waals surface area contributed by atoms with E-state index in [9.17, 15) is 9.50 Å². The lowest BCUT2D eigenvalue weighted by molar-refractivity contribution is 0.0322. The van der Waals surface area contributed by atoms with Crippen LogP contribution in [-0.4, -0.2) is 41.0 Å². The Balaban J connectivity index is 1.40. The molecule has 3 aromatic rings. The Bertz CT molecular complexity index is 1030. The number of hydrogen-bond donors (Lipinski definition) is 1. The zero-order valence-corrected chi connectivity index (χ0v) is 18.5. The third kappa shape index (κ3) is 6.39. The van der Waals surface area contributed by atoms with Crippen LogP contribution in [0.3, 0.4) is 0 Å². The summed E-state index contributed by atoms with van der Waals surface area (Å²) in [5.41, 5.74) is 3.95. The van der Waals surface area contributed by atoms with E-state index in [1.165, 1.54) is 12.1 Å². The van der Waals surface area contributed by atoms with Gasteiger partial charge in [-0.3, -0.25) is 4.90 Å². The summed E-state index contributed by atoms with van der Waals surface area (Å²) in [6, 6.07) is 24.0. The first kappa shape index (κ1) is 22.5. The Labute approximate surface area is 192 Å². The van der Waals surface area contributed by atoms with E-state index >= 15 is 0 Å². The molecule has 4 nitrogen and oxygen atoms in total. The van der Waals surface area contributed by atoms with Crippen molar-refractivity contribution in [3.8, 4) is 0 Å². The molecule has 4 rings (SSSR count). The summed E-state index contributed by atoms with van der Waals surface area (Å²) in [7, 11) is 0. The topological polar surface area (TPSA) is 45.1 Å². The van der Waals surface area contributed by atoms with Gasteiger partial charge < -0.3 is 9.94 Å². The molecule has 0 aliphatic carbocycles. The number of oxime groups is 1. The molecule has 0 spiro atoms. The first-order valence-corrected chi connectivity index (χ1v) is 11.1. The van der Waals surface area contributed by atoms with Gasteiger partial charge in [0.05, 0.1) is 11.8 Å². The maximum atomic E-state index is 13.3. The number of aliphatic hydroxyl groups is 1. The van der Waals surface area contributed by atoms with E-state index in [1.54, 1.807) is 12.1 Å². The van der Waals surface area contributed by atoms with Gasteiger partial charge in [0.1, 0.15) is 11.9 Å². The number of benzene rings is 3. The molecule has 6 heteroatoms. The number of aliphatic hydroxyl groups excluding tert-OH is 1. The molecule has 0 saturated carbocycles. The summed E-state index contributed by atoms with van der Waals surface area (Å²) in [4.78, 5) is 7.85. The fourth-order valence-corrected chi connectivity index (χ4v) is 4.05. The van der Waals surface area contributed by atoms with Crippen molar-refractivity contribution in [2.45, 2.75) is 31.6 Å². The number of nitrogens with zero attached hydrogens (tertiary/aromatic N) is 2. The van der Waals surface area contributed by atoms with E-state index in [0.29, 0.717) is 37.5 Å². The van der Waals surface area contributed by atoms with Crippen molar-refractivity contribution in [3.05, 3.63) is 106 Å². The Morgan fingerprint density at radius 3 is 2.44 bits per heavy atom. The second-order valence-electron chi connectivity index (χ2n) is 8.14. The molecule has 0 unspecified atom stereocenters. The largest absolute Gasteiger partial charge is 0.391 e. The van der Waals surface area contributed by atoms with Gasteiger partial charge in [-0.2, -0.15) is 0 Å². The summed E-state index contributed by atoms with van der Waals surface area (Å²) >= 11 is 5.98. The van der Waals surface area contributed by atoms with Crippen LogP contribution in [0.2, 0.25) is 5.02 Å². The number of halogens is 2. The predicted octanol–water partition coefficient (Wildman–Crippen LogP) is 5.08. The molecule has 166 valence electrons. The SMILES string of the molecule is O[C@H](Cc1ccccc1)CN(Cc1ccc(F)cc1)C[C@@H]1CC(c2ccc(Cl)cc2)=NO1. The minimum atomic E-state index is -0.532. The number of rotatable bonds is 9. The van der Waals surface area contributed by atoms with Crippen molar-refractivity contribution in [2.75, 3.05) is 13.1 Å². The van der Waals surface area contributed by atoms with Crippen molar-refractivity contribution in [2.24, 2.45) is 5.16 Å². The van der Waals surface area contributed by atoms with Gasteiger partial charge in [-0.25, -0.2) is 4.39 Å². The van der Waals surface area contributed by atoms with Crippen LogP contribution in [0.4, 0.5) is 4.39 Å². The average molecular weight is 453 g/mol. The lowest BCUT2D eigenvalue weighted by Gasteiger charge is -2.27. The molecule has 1 heterocycles. The zero-order chi connectivity index (χ0) is 22.3. The summed E-state index contributed by atoms with van der Waals surface area (Å²) < 4.78 is 13.3. The second kappa shape index (κ2) is 10.7. The predicted molar refractivity (Wildman–Crippen MR) is 125 cm³/mol. The molecule has 1 aliphatic heterocycles. The highest BCUT2D eigenvalue weighted by Gasteiger charge is 2.26. The fraction of sp³-hybridized carbons (Fsp3) is 0.269. The highest BCUT2D eigenvalue weighted by atomic mass is 35.5. The summed E-state index contributed by atoms with van der Waals surface area (Å²) in [6.45, 7) is 1.66. The smallest absolute Gasteiger partial charge is 0.145 e. The van der Waals surface area contributed by atoms with Crippen LogP contribution < -0.4 is 0 Å². The lowest BCUT2D eigenvalue weighted by Crippen LogP contribution is -2.38. The molecular formula is C26H26ClFN2O2. The summed E-state index contributed by atoms with van der Waals surface area (Å²) in [5, 5.41) is 15.7. The van der Waals surface area contributed by atoms with Crippen LogP contribution in [-0.2, 0) is 17.8 Å². The van der Waals surface area contributed by atoms with Gasteiger partial charge >= 0.3 is 0 Å². The van der Waals surface area contributed by atoms with Crippen LogP contribution in [0.25, 0.3) is 0 Å². The van der Waals surface area contributed by atoms with E-state index in [0.717, 1.165) is 22.4 Å². The van der Waals surface area contributed by atoms with Crippen LogP contribution in [0.15, 0.2) is 84.0 Å². The van der Waals surface area contributed by atoms with Crippen LogP contribution in [0.5, 0.6) is 0 Å². The van der Waals surface area contributed by atoms with E-state index in [4.69, 9.17) is 16.4 Å². The molecule has 1 N–H and O–H groups in total. The Hall–Kier alpha value is -2.73. The van der Waals surface area contributed by atoms with E-state index in [2.05, 4.69) is 10.1 Å². The highest BCUT2D eigenvalue weighted by molar-refractivity contribution is 6.30. The molecule has 1 aliphatic rings. The maximum absolute atomic E-state index is 13.3. The Morgan fingerprint density at radius 2 is 1.72 bits per heavy atom. The van der Waals surface area contributed by atoms with Gasteiger partial charge in [0, 0.05) is 31.1 Å². The molecule has 0 radical (unpaired) electrons. The minimum Gasteiger partial charge on any atom is -0.391 e. The van der Waals surface area contributed by atoms with Gasteiger partial charge in [-0.05, 0) is 47.4 Å². The van der Waals surface area contributed by atoms with Gasteiger partial charge in [0.25, 0.3) is 0 Å².